The third-order valence-electron chi connectivity index (χ3n) is 5.54. The number of nitrogens with zero attached hydrogens (tertiary/aromatic N) is 3. The lowest BCUT2D eigenvalue weighted by atomic mass is 9.93. The Bertz CT molecular complexity index is 815. The number of anilines is 1. The lowest BCUT2D eigenvalue weighted by molar-refractivity contribution is -0.134. The van der Waals surface area contributed by atoms with Crippen molar-refractivity contribution < 1.29 is 13.9 Å². The topological polar surface area (TPSA) is 67.3 Å². The van der Waals surface area contributed by atoms with E-state index in [1.165, 1.54) is 18.5 Å². The van der Waals surface area contributed by atoms with Crippen molar-refractivity contribution in [3.63, 3.8) is 0 Å². The minimum absolute atomic E-state index is 0.177. The van der Waals surface area contributed by atoms with Crippen LogP contribution in [0, 0.1) is 5.82 Å². The van der Waals surface area contributed by atoms with Crippen molar-refractivity contribution in [2.75, 3.05) is 25.5 Å². The van der Waals surface area contributed by atoms with Crippen LogP contribution in [0.15, 0.2) is 36.7 Å². The van der Waals surface area contributed by atoms with Gasteiger partial charge in [-0.15, -0.1) is 0 Å². The molecule has 1 saturated carbocycles. The molecule has 2 fully saturated rings. The van der Waals surface area contributed by atoms with Gasteiger partial charge in [0.15, 0.2) is 0 Å². The number of methoxy groups -OCH3 is 1. The van der Waals surface area contributed by atoms with E-state index in [0.29, 0.717) is 19.0 Å². The van der Waals surface area contributed by atoms with Gasteiger partial charge in [0.05, 0.1) is 12.5 Å². The lowest BCUT2D eigenvalue weighted by Crippen LogP contribution is -2.46. The number of carbonyl (C=O) groups excluding carboxylic acids is 1. The van der Waals surface area contributed by atoms with Gasteiger partial charge in [0.2, 0.25) is 11.8 Å². The number of likely N-dealkylation sites (tertiary alicyclic amines) is 1. The van der Waals surface area contributed by atoms with Crippen LogP contribution in [0.5, 0.6) is 5.88 Å². The molecule has 0 atom stereocenters. The van der Waals surface area contributed by atoms with Crippen LogP contribution in [0.25, 0.3) is 0 Å². The van der Waals surface area contributed by atoms with E-state index in [4.69, 9.17) is 4.74 Å². The summed E-state index contributed by atoms with van der Waals surface area (Å²) in [5, 5.41) is 3.40. The maximum absolute atomic E-state index is 13.2. The molecule has 1 aliphatic carbocycles. The van der Waals surface area contributed by atoms with Crippen molar-refractivity contribution in [1.29, 1.82) is 0 Å². The molecule has 1 aromatic heterocycles. The number of hydrogen-bond acceptors (Lipinski definition) is 5. The number of ether oxygens (including phenoxy) is 1. The first-order chi connectivity index (χ1) is 13.1. The fourth-order valence-corrected chi connectivity index (χ4v) is 3.79. The number of hydrogen-bond donors (Lipinski definition) is 1. The molecule has 2 aromatic rings. The van der Waals surface area contributed by atoms with Crippen molar-refractivity contribution in [2.24, 2.45) is 0 Å². The van der Waals surface area contributed by atoms with Crippen molar-refractivity contribution in [3.8, 4) is 5.88 Å². The van der Waals surface area contributed by atoms with Crippen LogP contribution >= 0.6 is 0 Å². The number of amides is 1. The number of aromatic nitrogens is 2. The summed E-state index contributed by atoms with van der Waals surface area (Å²) in [6, 6.07) is 8.40. The van der Waals surface area contributed by atoms with Gasteiger partial charge in [0, 0.05) is 25.2 Å². The van der Waals surface area contributed by atoms with Gasteiger partial charge < -0.3 is 15.0 Å². The van der Waals surface area contributed by atoms with Crippen LogP contribution < -0.4 is 10.1 Å². The molecular formula is C20H23FN4O2. The summed E-state index contributed by atoms with van der Waals surface area (Å²) >= 11 is 0. The van der Waals surface area contributed by atoms with Gasteiger partial charge in [-0.25, -0.2) is 14.4 Å². The zero-order valence-electron chi connectivity index (χ0n) is 15.3. The molecule has 0 spiro atoms. The summed E-state index contributed by atoms with van der Waals surface area (Å²) in [6.07, 6.45) is 4.88. The molecule has 0 unspecified atom stereocenters. The molecule has 1 amide bonds. The molecule has 0 bridgehead atoms. The first kappa shape index (κ1) is 17.7. The van der Waals surface area contributed by atoms with E-state index in [1.54, 1.807) is 25.3 Å². The summed E-state index contributed by atoms with van der Waals surface area (Å²) in [5.41, 5.74) is 0.496. The number of piperidine rings is 1. The second kappa shape index (κ2) is 7.13. The minimum atomic E-state index is -0.437. The predicted octanol–water partition coefficient (Wildman–Crippen LogP) is 2.76. The molecule has 0 radical (unpaired) electrons. The molecule has 142 valence electrons. The average molecular weight is 370 g/mol. The van der Waals surface area contributed by atoms with Crippen LogP contribution in [0.4, 0.5) is 10.2 Å². The molecule has 1 aliphatic heterocycles. The Labute approximate surface area is 157 Å². The summed E-state index contributed by atoms with van der Waals surface area (Å²) in [5.74, 6) is 1.16. The average Bonchev–Trinajstić information content (AvgIpc) is 3.51. The maximum atomic E-state index is 13.2. The smallest absolute Gasteiger partial charge is 0.233 e. The van der Waals surface area contributed by atoms with Gasteiger partial charge in [-0.1, -0.05) is 12.1 Å². The van der Waals surface area contributed by atoms with Gasteiger partial charge >= 0.3 is 0 Å². The molecule has 7 heteroatoms. The molecule has 1 saturated heterocycles. The zero-order chi connectivity index (χ0) is 18.9. The molecule has 27 heavy (non-hydrogen) atoms. The highest BCUT2D eigenvalue weighted by Gasteiger charge is 2.53. The second-order valence-electron chi connectivity index (χ2n) is 7.25. The fraction of sp³-hybridized carbons (Fsp3) is 0.450. The Morgan fingerprint density at radius 3 is 2.56 bits per heavy atom. The molecule has 1 N–H and O–H groups in total. The summed E-state index contributed by atoms with van der Waals surface area (Å²) in [4.78, 5) is 23.3. The van der Waals surface area contributed by atoms with Gasteiger partial charge in [0.25, 0.3) is 0 Å². The van der Waals surface area contributed by atoms with Gasteiger partial charge in [-0.05, 0) is 43.4 Å². The fourth-order valence-electron chi connectivity index (χ4n) is 3.79. The Morgan fingerprint density at radius 2 is 1.93 bits per heavy atom. The van der Waals surface area contributed by atoms with Crippen LogP contribution in [0.1, 0.15) is 31.2 Å². The van der Waals surface area contributed by atoms with Crippen molar-refractivity contribution >= 4 is 11.7 Å². The van der Waals surface area contributed by atoms with Crippen LogP contribution in [-0.4, -0.2) is 47.0 Å². The summed E-state index contributed by atoms with van der Waals surface area (Å²) < 4.78 is 18.3. The first-order valence-electron chi connectivity index (χ1n) is 9.29. The normalized spacial score (nSPS) is 18.8. The minimum Gasteiger partial charge on any atom is -0.481 e. The summed E-state index contributed by atoms with van der Waals surface area (Å²) in [6.45, 7) is 1.42. The molecule has 2 aliphatic rings. The molecule has 1 aromatic carbocycles. The van der Waals surface area contributed by atoms with Crippen LogP contribution in [0.2, 0.25) is 0 Å². The predicted molar refractivity (Wildman–Crippen MR) is 99.1 cm³/mol. The number of rotatable bonds is 5. The molecule has 2 heterocycles. The molecule has 6 nitrogen and oxygen atoms in total. The molecule has 4 rings (SSSR count). The number of halogens is 1. The third-order valence-corrected chi connectivity index (χ3v) is 5.54. The Hall–Kier alpha value is -2.70. The summed E-state index contributed by atoms with van der Waals surface area (Å²) in [7, 11) is 1.57. The Kier molecular flexibility index (Phi) is 4.68. The first-order valence-corrected chi connectivity index (χ1v) is 9.29. The molecular weight excluding hydrogens is 347 g/mol. The standard InChI is InChI=1S/C20H23FN4O2/c1-27-18-12-17(22-13-23-18)24-16-6-10-25(11-7-16)19(26)20(8-9-20)14-2-4-15(21)5-3-14/h2-5,12-13,16H,6-11H2,1H3,(H,22,23,24). The largest absolute Gasteiger partial charge is 0.481 e. The Balaban J connectivity index is 1.36. The van der Waals surface area contributed by atoms with Gasteiger partial charge in [-0.3, -0.25) is 4.79 Å². The Morgan fingerprint density at radius 1 is 1.22 bits per heavy atom. The van der Waals surface area contributed by atoms with E-state index in [1.807, 2.05) is 4.90 Å². The second-order valence-corrected chi connectivity index (χ2v) is 7.25. The van der Waals surface area contributed by atoms with E-state index >= 15 is 0 Å². The highest BCUT2D eigenvalue weighted by atomic mass is 19.1. The highest BCUT2D eigenvalue weighted by molar-refractivity contribution is 5.91. The van der Waals surface area contributed by atoms with Crippen LogP contribution in [0.3, 0.4) is 0 Å². The van der Waals surface area contributed by atoms with E-state index in [0.717, 1.165) is 37.1 Å². The monoisotopic (exact) mass is 370 g/mol. The maximum Gasteiger partial charge on any atom is 0.233 e. The van der Waals surface area contributed by atoms with E-state index in [-0.39, 0.29) is 17.8 Å². The van der Waals surface area contributed by atoms with Crippen molar-refractivity contribution in [1.82, 2.24) is 14.9 Å². The van der Waals surface area contributed by atoms with Crippen LogP contribution in [-0.2, 0) is 10.2 Å². The van der Waals surface area contributed by atoms with E-state index < -0.39 is 5.41 Å². The highest BCUT2D eigenvalue weighted by Crippen LogP contribution is 2.49. The number of carbonyl (C=O) groups is 1. The third kappa shape index (κ3) is 3.59. The van der Waals surface area contributed by atoms with Crippen molar-refractivity contribution in [2.45, 2.75) is 37.1 Å². The van der Waals surface area contributed by atoms with E-state index in [9.17, 15) is 9.18 Å². The SMILES string of the molecule is COc1cc(NC2CCN(C(=O)C3(c4ccc(F)cc4)CC3)CC2)ncn1. The number of nitrogens with one attached hydrogen (secondary N) is 1. The zero-order valence-corrected chi connectivity index (χ0v) is 15.3. The van der Waals surface area contributed by atoms with Crippen molar-refractivity contribution in [3.05, 3.63) is 48.0 Å². The van der Waals surface area contributed by atoms with Gasteiger partial charge in [0.1, 0.15) is 18.0 Å². The quantitative estimate of drug-likeness (QED) is 0.877. The lowest BCUT2D eigenvalue weighted by Gasteiger charge is -2.35. The van der Waals surface area contributed by atoms with E-state index in [2.05, 4.69) is 15.3 Å². The van der Waals surface area contributed by atoms with Gasteiger partial charge in [-0.2, -0.15) is 0 Å². The number of benzene rings is 1.